The molecule has 1 aromatic rings. The van der Waals surface area contributed by atoms with E-state index in [-0.39, 0.29) is 0 Å². The summed E-state index contributed by atoms with van der Waals surface area (Å²) in [6.07, 6.45) is 2.84. The summed E-state index contributed by atoms with van der Waals surface area (Å²) in [5.41, 5.74) is 1.15. The van der Waals surface area contributed by atoms with Crippen LogP contribution in [0.15, 0.2) is 11.4 Å². The van der Waals surface area contributed by atoms with E-state index in [4.69, 9.17) is 0 Å². The maximum Gasteiger partial charge on any atom is 0.133 e. The highest BCUT2D eigenvalue weighted by molar-refractivity contribution is 7.99. The molecule has 0 fully saturated rings. The summed E-state index contributed by atoms with van der Waals surface area (Å²) >= 11 is 1.82. The zero-order valence-electron chi connectivity index (χ0n) is 9.87. The Labute approximate surface area is 96.1 Å². The number of nitrogens with one attached hydrogen (secondary N) is 1. The Morgan fingerprint density at radius 3 is 2.80 bits per heavy atom. The molecule has 0 spiro atoms. The van der Waals surface area contributed by atoms with E-state index in [9.17, 15) is 0 Å². The number of aromatic nitrogens is 2. The number of rotatable bonds is 5. The molecule has 1 rings (SSSR count). The molecule has 1 unspecified atom stereocenters. The largest absolute Gasteiger partial charge is 0.373 e. The maximum absolute atomic E-state index is 4.30. The van der Waals surface area contributed by atoms with Gasteiger partial charge in [-0.25, -0.2) is 9.97 Å². The first-order valence-corrected chi connectivity index (χ1v) is 6.29. The molecule has 0 aliphatic heterocycles. The van der Waals surface area contributed by atoms with Gasteiger partial charge in [0.05, 0.1) is 0 Å². The minimum absolute atomic E-state index is 0.738. The summed E-state index contributed by atoms with van der Waals surface area (Å²) in [7, 11) is 1.89. The van der Waals surface area contributed by atoms with Crippen molar-refractivity contribution in [2.45, 2.75) is 32.2 Å². The summed E-state index contributed by atoms with van der Waals surface area (Å²) < 4.78 is 0. The summed E-state index contributed by atoms with van der Waals surface area (Å²) in [4.78, 5) is 8.47. The Balaban J connectivity index is 2.68. The van der Waals surface area contributed by atoms with Gasteiger partial charge in [0.25, 0.3) is 0 Å². The van der Waals surface area contributed by atoms with Crippen molar-refractivity contribution < 1.29 is 0 Å². The van der Waals surface area contributed by atoms with Crippen LogP contribution in [0.4, 0.5) is 5.82 Å². The molecule has 1 heterocycles. The van der Waals surface area contributed by atoms with E-state index in [2.05, 4.69) is 36.1 Å². The highest BCUT2D eigenvalue weighted by atomic mass is 32.2. The number of nitrogens with zero attached hydrogens (tertiary/aromatic N) is 2. The third kappa shape index (κ3) is 3.38. The fraction of sp³-hybridized carbons (Fsp3) is 0.636. The van der Waals surface area contributed by atoms with E-state index >= 15 is 0 Å². The average molecular weight is 225 g/mol. The third-order valence-corrected chi connectivity index (χ3v) is 3.90. The lowest BCUT2D eigenvalue weighted by Gasteiger charge is -2.10. The summed E-state index contributed by atoms with van der Waals surface area (Å²) in [5, 5.41) is 4.17. The van der Waals surface area contributed by atoms with Crippen LogP contribution in [0.5, 0.6) is 0 Å². The summed E-state index contributed by atoms with van der Waals surface area (Å²) in [5.74, 6) is 2.79. The molecule has 0 aliphatic carbocycles. The lowest BCUT2D eigenvalue weighted by molar-refractivity contribution is 0.636. The van der Waals surface area contributed by atoms with E-state index in [0.717, 1.165) is 28.1 Å². The van der Waals surface area contributed by atoms with Gasteiger partial charge in [-0.1, -0.05) is 20.3 Å². The molecular formula is C11H19N3S. The Hall–Kier alpha value is -0.770. The second kappa shape index (κ2) is 5.95. The van der Waals surface area contributed by atoms with Crippen molar-refractivity contribution in [3.63, 3.8) is 0 Å². The van der Waals surface area contributed by atoms with E-state index in [1.165, 1.54) is 6.42 Å². The molecule has 0 saturated heterocycles. The van der Waals surface area contributed by atoms with E-state index < -0.39 is 0 Å². The predicted octanol–water partition coefficient (Wildman–Crippen LogP) is 2.96. The quantitative estimate of drug-likeness (QED) is 0.617. The van der Waals surface area contributed by atoms with Crippen LogP contribution in [0.2, 0.25) is 0 Å². The Morgan fingerprint density at radius 1 is 1.47 bits per heavy atom. The van der Waals surface area contributed by atoms with E-state index in [0.29, 0.717) is 0 Å². The number of thioether (sulfide) groups is 1. The van der Waals surface area contributed by atoms with Gasteiger partial charge in [-0.05, 0) is 12.8 Å². The molecule has 0 amide bonds. The minimum atomic E-state index is 0.738. The maximum atomic E-state index is 4.30. The second-order valence-electron chi connectivity index (χ2n) is 3.73. The Kier molecular flexibility index (Phi) is 4.88. The molecule has 1 aromatic heterocycles. The van der Waals surface area contributed by atoms with Crippen LogP contribution in [0, 0.1) is 12.8 Å². The fourth-order valence-corrected chi connectivity index (χ4v) is 2.28. The molecule has 0 radical (unpaired) electrons. The monoisotopic (exact) mass is 225 g/mol. The molecule has 15 heavy (non-hydrogen) atoms. The van der Waals surface area contributed by atoms with Crippen LogP contribution < -0.4 is 5.32 Å². The Morgan fingerprint density at radius 2 is 2.20 bits per heavy atom. The van der Waals surface area contributed by atoms with Gasteiger partial charge in [0.1, 0.15) is 17.2 Å². The standard InChI is InChI=1S/C11H19N3S/c1-5-8(2)6-15-11-9(3)10(12-4)13-7-14-11/h7-8H,5-6H2,1-4H3,(H,12,13,14). The smallest absolute Gasteiger partial charge is 0.133 e. The molecule has 3 nitrogen and oxygen atoms in total. The van der Waals surface area contributed by atoms with Crippen molar-refractivity contribution in [3.05, 3.63) is 11.9 Å². The van der Waals surface area contributed by atoms with Crippen LogP contribution in [0.25, 0.3) is 0 Å². The van der Waals surface area contributed by atoms with Crippen LogP contribution in [-0.2, 0) is 0 Å². The van der Waals surface area contributed by atoms with Crippen molar-refractivity contribution in [1.29, 1.82) is 0 Å². The van der Waals surface area contributed by atoms with E-state index in [1.54, 1.807) is 6.33 Å². The van der Waals surface area contributed by atoms with Gasteiger partial charge in [0.2, 0.25) is 0 Å². The van der Waals surface area contributed by atoms with Gasteiger partial charge in [0.15, 0.2) is 0 Å². The van der Waals surface area contributed by atoms with Crippen molar-refractivity contribution in [3.8, 4) is 0 Å². The van der Waals surface area contributed by atoms with Gasteiger partial charge in [-0.15, -0.1) is 11.8 Å². The molecular weight excluding hydrogens is 206 g/mol. The number of anilines is 1. The average Bonchev–Trinajstić information content (AvgIpc) is 2.27. The van der Waals surface area contributed by atoms with Gasteiger partial charge < -0.3 is 5.32 Å². The van der Waals surface area contributed by atoms with Crippen LogP contribution in [-0.4, -0.2) is 22.8 Å². The molecule has 84 valence electrons. The van der Waals surface area contributed by atoms with Gasteiger partial charge in [-0.2, -0.15) is 0 Å². The normalized spacial score (nSPS) is 12.5. The number of hydrogen-bond donors (Lipinski definition) is 1. The first-order valence-electron chi connectivity index (χ1n) is 5.31. The zero-order chi connectivity index (χ0) is 11.3. The van der Waals surface area contributed by atoms with Crippen LogP contribution in [0.3, 0.4) is 0 Å². The van der Waals surface area contributed by atoms with Crippen molar-refractivity contribution in [2.75, 3.05) is 18.1 Å². The fourth-order valence-electron chi connectivity index (χ4n) is 1.17. The van der Waals surface area contributed by atoms with Crippen LogP contribution >= 0.6 is 11.8 Å². The topological polar surface area (TPSA) is 37.8 Å². The van der Waals surface area contributed by atoms with Crippen molar-refractivity contribution in [2.24, 2.45) is 5.92 Å². The highest BCUT2D eigenvalue weighted by Crippen LogP contribution is 2.25. The molecule has 0 saturated carbocycles. The molecule has 4 heteroatoms. The lowest BCUT2D eigenvalue weighted by atomic mass is 10.2. The summed E-state index contributed by atoms with van der Waals surface area (Å²) in [6, 6.07) is 0. The SMILES string of the molecule is CCC(C)CSc1ncnc(NC)c1C. The zero-order valence-corrected chi connectivity index (χ0v) is 10.7. The molecule has 0 bridgehead atoms. The van der Waals surface area contributed by atoms with Gasteiger partial charge in [-0.3, -0.25) is 0 Å². The third-order valence-electron chi connectivity index (χ3n) is 2.48. The van der Waals surface area contributed by atoms with Gasteiger partial charge in [0, 0.05) is 18.4 Å². The molecule has 1 atom stereocenters. The molecule has 0 aliphatic rings. The highest BCUT2D eigenvalue weighted by Gasteiger charge is 2.07. The minimum Gasteiger partial charge on any atom is -0.373 e. The van der Waals surface area contributed by atoms with Crippen LogP contribution in [0.1, 0.15) is 25.8 Å². The Bertz CT molecular complexity index is 315. The number of hydrogen-bond acceptors (Lipinski definition) is 4. The van der Waals surface area contributed by atoms with Crippen molar-refractivity contribution >= 4 is 17.6 Å². The first kappa shape index (κ1) is 12.3. The first-order chi connectivity index (χ1) is 7.19. The van der Waals surface area contributed by atoms with Gasteiger partial charge >= 0.3 is 0 Å². The second-order valence-corrected chi connectivity index (χ2v) is 4.74. The summed E-state index contributed by atoms with van der Waals surface area (Å²) in [6.45, 7) is 6.55. The lowest BCUT2D eigenvalue weighted by Crippen LogP contribution is -2.01. The molecule has 1 N–H and O–H groups in total. The molecule has 0 aromatic carbocycles. The van der Waals surface area contributed by atoms with Crippen molar-refractivity contribution in [1.82, 2.24) is 9.97 Å². The predicted molar refractivity (Wildman–Crippen MR) is 66.5 cm³/mol. The van der Waals surface area contributed by atoms with E-state index in [1.807, 2.05) is 18.8 Å².